The molecule has 2 fully saturated rings. The average Bonchev–Trinajstić information content (AvgIpc) is 2.24. The van der Waals surface area contributed by atoms with Crippen molar-refractivity contribution in [1.82, 2.24) is 4.90 Å². The van der Waals surface area contributed by atoms with Crippen LogP contribution in [0.1, 0.15) is 0 Å². The topological polar surface area (TPSA) is 63.9 Å². The summed E-state index contributed by atoms with van der Waals surface area (Å²) in [4.78, 5) is 1.98. The third-order valence-corrected chi connectivity index (χ3v) is 2.69. The van der Waals surface area contributed by atoms with Crippen LogP contribution < -0.4 is 0 Å². The number of hydrogen-bond acceptors (Lipinski definition) is 4. The van der Waals surface area contributed by atoms with Crippen molar-refractivity contribution in [3.8, 4) is 0 Å². The molecule has 2 aliphatic heterocycles. The fraction of sp³-hybridized carbons (Fsp3) is 1.00. The lowest BCUT2D eigenvalue weighted by molar-refractivity contribution is -0.0611. The molecule has 0 aromatic rings. The molecule has 0 saturated carbocycles. The zero-order valence-corrected chi connectivity index (χ0v) is 6.22. The van der Waals surface area contributed by atoms with Crippen LogP contribution in [0.4, 0.5) is 0 Å². The van der Waals surface area contributed by atoms with Crippen LogP contribution in [0.5, 0.6) is 0 Å². The molecule has 5 atom stereocenters. The molecule has 11 heavy (non-hydrogen) atoms. The fourth-order valence-electron chi connectivity index (χ4n) is 2.04. The molecular weight excluding hydrogens is 146 g/mol. The monoisotopic (exact) mass is 159 g/mol. The van der Waals surface area contributed by atoms with Gasteiger partial charge in [0.2, 0.25) is 0 Å². The largest absolute Gasteiger partial charge is 0.391 e. The lowest BCUT2D eigenvalue weighted by Gasteiger charge is -2.31. The molecule has 64 valence electrons. The minimum absolute atomic E-state index is 0.140. The van der Waals surface area contributed by atoms with Gasteiger partial charge in [0.1, 0.15) is 0 Å². The van der Waals surface area contributed by atoms with Gasteiger partial charge in [-0.05, 0) is 0 Å². The Morgan fingerprint density at radius 2 is 1.55 bits per heavy atom. The SMILES string of the molecule is O[C@H]1[C@H]2CN(C[C@H]1O)C[C@@H]2O. The predicted octanol–water partition coefficient (Wildman–Crippen LogP) is -1.99. The quantitative estimate of drug-likeness (QED) is 0.383. The summed E-state index contributed by atoms with van der Waals surface area (Å²) in [7, 11) is 0. The van der Waals surface area contributed by atoms with E-state index in [1.54, 1.807) is 0 Å². The van der Waals surface area contributed by atoms with Crippen molar-refractivity contribution in [2.24, 2.45) is 5.92 Å². The van der Waals surface area contributed by atoms with Crippen LogP contribution in [-0.2, 0) is 0 Å². The van der Waals surface area contributed by atoms with Crippen LogP contribution in [-0.4, -0.2) is 58.2 Å². The summed E-state index contributed by atoms with van der Waals surface area (Å²) in [5.41, 5.74) is 0. The van der Waals surface area contributed by atoms with E-state index in [2.05, 4.69) is 0 Å². The Bertz CT molecular complexity index is 162. The molecule has 0 spiro atoms. The van der Waals surface area contributed by atoms with E-state index in [0.29, 0.717) is 13.1 Å². The molecule has 2 rings (SSSR count). The summed E-state index contributed by atoms with van der Waals surface area (Å²) in [5.74, 6) is -0.140. The lowest BCUT2D eigenvalue weighted by Crippen LogP contribution is -2.47. The van der Waals surface area contributed by atoms with Gasteiger partial charge >= 0.3 is 0 Å². The summed E-state index contributed by atoms with van der Waals surface area (Å²) >= 11 is 0. The van der Waals surface area contributed by atoms with E-state index < -0.39 is 18.3 Å². The standard InChI is InChI=1S/C7H13NO3/c9-5-2-8-1-4(5)7(11)6(10)3-8/h4-7,9-11H,1-3H2/t4-,5-,6+,7-/m0/s1. The first-order valence-corrected chi connectivity index (χ1v) is 3.95. The molecule has 4 nitrogen and oxygen atoms in total. The van der Waals surface area contributed by atoms with Crippen LogP contribution >= 0.6 is 0 Å². The molecule has 0 aliphatic carbocycles. The van der Waals surface area contributed by atoms with Gasteiger partial charge in [0.25, 0.3) is 0 Å². The zero-order chi connectivity index (χ0) is 8.01. The normalized spacial score (nSPS) is 56.5. The molecular formula is C7H13NO3. The Kier molecular flexibility index (Phi) is 1.64. The first-order valence-electron chi connectivity index (χ1n) is 3.95. The molecule has 0 aromatic heterocycles. The van der Waals surface area contributed by atoms with Gasteiger partial charge < -0.3 is 15.3 Å². The highest BCUT2D eigenvalue weighted by molar-refractivity contribution is 4.96. The van der Waals surface area contributed by atoms with Crippen molar-refractivity contribution >= 4 is 0 Å². The molecule has 0 aromatic carbocycles. The zero-order valence-electron chi connectivity index (χ0n) is 6.22. The minimum atomic E-state index is -0.733. The Morgan fingerprint density at radius 3 is 2.27 bits per heavy atom. The van der Waals surface area contributed by atoms with Crippen LogP contribution in [0.2, 0.25) is 0 Å². The third-order valence-electron chi connectivity index (χ3n) is 2.69. The van der Waals surface area contributed by atoms with Gasteiger partial charge in [-0.25, -0.2) is 0 Å². The van der Waals surface area contributed by atoms with Gasteiger partial charge in [-0.15, -0.1) is 0 Å². The third kappa shape index (κ3) is 1.06. The van der Waals surface area contributed by atoms with E-state index in [1.165, 1.54) is 0 Å². The minimum Gasteiger partial charge on any atom is -0.391 e. The van der Waals surface area contributed by atoms with Crippen molar-refractivity contribution in [3.63, 3.8) is 0 Å². The molecule has 2 heterocycles. The number of piperidine rings is 1. The van der Waals surface area contributed by atoms with Gasteiger partial charge in [0, 0.05) is 25.6 Å². The Labute approximate surface area is 65.1 Å². The van der Waals surface area contributed by atoms with E-state index in [-0.39, 0.29) is 5.92 Å². The van der Waals surface area contributed by atoms with Gasteiger partial charge in [-0.3, -0.25) is 4.90 Å². The Morgan fingerprint density at radius 1 is 0.909 bits per heavy atom. The van der Waals surface area contributed by atoms with Gasteiger partial charge in [0.15, 0.2) is 0 Å². The second-order valence-corrected chi connectivity index (χ2v) is 3.51. The Balaban J connectivity index is 2.14. The Hall–Kier alpha value is -0.160. The van der Waals surface area contributed by atoms with Crippen molar-refractivity contribution < 1.29 is 15.3 Å². The maximum atomic E-state index is 9.40. The van der Waals surface area contributed by atoms with E-state index in [9.17, 15) is 15.3 Å². The van der Waals surface area contributed by atoms with Gasteiger partial charge in [-0.2, -0.15) is 0 Å². The highest BCUT2D eigenvalue weighted by Gasteiger charge is 2.44. The van der Waals surface area contributed by atoms with Crippen molar-refractivity contribution in [1.29, 1.82) is 0 Å². The number of hydrogen-bond donors (Lipinski definition) is 3. The highest BCUT2D eigenvalue weighted by atomic mass is 16.3. The van der Waals surface area contributed by atoms with Crippen molar-refractivity contribution in [3.05, 3.63) is 0 Å². The number of nitrogens with zero attached hydrogens (tertiary/aromatic N) is 1. The molecule has 2 aliphatic rings. The van der Waals surface area contributed by atoms with Crippen LogP contribution in [0.25, 0.3) is 0 Å². The molecule has 2 bridgehead atoms. The first-order chi connectivity index (χ1) is 5.18. The first kappa shape index (κ1) is 7.49. The van der Waals surface area contributed by atoms with E-state index in [0.717, 1.165) is 6.54 Å². The molecule has 4 heteroatoms. The number of rotatable bonds is 0. The number of aliphatic hydroxyl groups is 3. The molecule has 3 N–H and O–H groups in total. The van der Waals surface area contributed by atoms with Crippen molar-refractivity contribution in [2.45, 2.75) is 18.3 Å². The van der Waals surface area contributed by atoms with Crippen LogP contribution in [0, 0.1) is 5.92 Å². The second kappa shape index (κ2) is 2.42. The van der Waals surface area contributed by atoms with Gasteiger partial charge in [0.05, 0.1) is 18.3 Å². The maximum Gasteiger partial charge on any atom is 0.0929 e. The second-order valence-electron chi connectivity index (χ2n) is 3.51. The summed E-state index contributed by atoms with van der Waals surface area (Å²) in [6, 6.07) is 0. The fourth-order valence-corrected chi connectivity index (χ4v) is 2.04. The number of fused-ring (bicyclic) bond motifs is 2. The summed E-state index contributed by atoms with van der Waals surface area (Å²) in [6.07, 6.45) is -1.86. The average molecular weight is 159 g/mol. The van der Waals surface area contributed by atoms with E-state index in [1.807, 2.05) is 4.90 Å². The molecule has 0 radical (unpaired) electrons. The van der Waals surface area contributed by atoms with E-state index in [4.69, 9.17) is 0 Å². The molecule has 0 amide bonds. The lowest BCUT2D eigenvalue weighted by atomic mass is 9.93. The van der Waals surface area contributed by atoms with Crippen LogP contribution in [0.15, 0.2) is 0 Å². The predicted molar refractivity (Wildman–Crippen MR) is 38.0 cm³/mol. The number of aliphatic hydroxyl groups excluding tert-OH is 3. The van der Waals surface area contributed by atoms with E-state index >= 15 is 0 Å². The smallest absolute Gasteiger partial charge is 0.0929 e. The highest BCUT2D eigenvalue weighted by Crippen LogP contribution is 2.27. The van der Waals surface area contributed by atoms with Crippen molar-refractivity contribution in [2.75, 3.05) is 19.6 Å². The molecule has 2 saturated heterocycles. The summed E-state index contributed by atoms with van der Waals surface area (Å²) in [5, 5.41) is 28.0. The van der Waals surface area contributed by atoms with Gasteiger partial charge in [-0.1, -0.05) is 0 Å². The summed E-state index contributed by atoms with van der Waals surface area (Å²) < 4.78 is 0. The summed E-state index contributed by atoms with van der Waals surface area (Å²) in [6.45, 7) is 1.81. The molecule has 1 unspecified atom stereocenters. The maximum absolute atomic E-state index is 9.40. The van der Waals surface area contributed by atoms with Crippen LogP contribution in [0.3, 0.4) is 0 Å².